The van der Waals surface area contributed by atoms with Crippen LogP contribution in [-0.2, 0) is 4.74 Å². The van der Waals surface area contributed by atoms with Crippen molar-refractivity contribution >= 4 is 6.09 Å². The minimum atomic E-state index is -0.237. The largest absolute Gasteiger partial charge is 0.446 e. The van der Waals surface area contributed by atoms with Crippen molar-refractivity contribution in [2.24, 2.45) is 5.92 Å². The van der Waals surface area contributed by atoms with Crippen LogP contribution in [0.3, 0.4) is 0 Å². The van der Waals surface area contributed by atoms with Gasteiger partial charge in [-0.3, -0.25) is 0 Å². The Kier molecular flexibility index (Phi) is 4.71. The molecule has 12 heavy (non-hydrogen) atoms. The van der Waals surface area contributed by atoms with E-state index in [4.69, 9.17) is 4.74 Å². The molecule has 72 valence electrons. The van der Waals surface area contributed by atoms with Crippen molar-refractivity contribution in [2.45, 2.75) is 33.8 Å². The quantitative estimate of drug-likeness (QED) is 0.654. The highest BCUT2D eigenvalue weighted by molar-refractivity contribution is 5.67. The second kappa shape index (κ2) is 5.01. The van der Waals surface area contributed by atoms with Gasteiger partial charge in [-0.15, -0.1) is 0 Å². The molecule has 0 aromatic carbocycles. The first-order valence-electron chi connectivity index (χ1n) is 4.40. The van der Waals surface area contributed by atoms with Gasteiger partial charge in [-0.2, -0.15) is 0 Å². The number of carbonyl (C=O) groups is 1. The number of rotatable bonds is 3. The lowest BCUT2D eigenvalue weighted by molar-refractivity contribution is 0.0576. The summed E-state index contributed by atoms with van der Waals surface area (Å²) in [6.45, 7) is 8.57. The van der Waals surface area contributed by atoms with Crippen molar-refractivity contribution in [1.29, 1.82) is 0 Å². The molecule has 3 nitrogen and oxygen atoms in total. The summed E-state index contributed by atoms with van der Waals surface area (Å²) in [5, 5.41) is 0. The lowest BCUT2D eigenvalue weighted by Crippen LogP contribution is -2.31. The topological polar surface area (TPSA) is 29.5 Å². The Morgan fingerprint density at radius 2 is 1.92 bits per heavy atom. The predicted molar refractivity (Wildman–Crippen MR) is 49.1 cm³/mol. The summed E-state index contributed by atoms with van der Waals surface area (Å²) in [5.41, 5.74) is 0. The summed E-state index contributed by atoms with van der Waals surface area (Å²) < 4.78 is 5.15. The van der Waals surface area contributed by atoms with Gasteiger partial charge in [-0.25, -0.2) is 4.79 Å². The van der Waals surface area contributed by atoms with Crippen molar-refractivity contribution in [3.63, 3.8) is 0 Å². The van der Waals surface area contributed by atoms with Crippen LogP contribution in [0.4, 0.5) is 4.79 Å². The Balaban J connectivity index is 3.84. The molecule has 0 bridgehead atoms. The smallest absolute Gasteiger partial charge is 0.409 e. The van der Waals surface area contributed by atoms with Gasteiger partial charge in [-0.05, 0) is 19.8 Å². The molecule has 3 heteroatoms. The van der Waals surface area contributed by atoms with Crippen molar-refractivity contribution in [2.75, 3.05) is 13.6 Å². The van der Waals surface area contributed by atoms with Crippen LogP contribution >= 0.6 is 0 Å². The summed E-state index contributed by atoms with van der Waals surface area (Å²) in [4.78, 5) is 12.7. The molecule has 0 spiro atoms. The van der Waals surface area contributed by atoms with Gasteiger partial charge in [0.2, 0.25) is 0 Å². The molecule has 0 radical (unpaired) electrons. The molecular weight excluding hydrogens is 154 g/mol. The number of nitrogens with zero attached hydrogens (tertiary/aromatic N) is 1. The van der Waals surface area contributed by atoms with Crippen molar-refractivity contribution < 1.29 is 9.53 Å². The molecule has 0 aromatic rings. The number of amides is 1. The molecule has 0 N–H and O–H groups in total. The molecule has 0 heterocycles. The first-order valence-corrected chi connectivity index (χ1v) is 4.40. The van der Waals surface area contributed by atoms with Gasteiger partial charge in [-0.1, -0.05) is 13.8 Å². The molecule has 0 aliphatic rings. The monoisotopic (exact) mass is 173 g/mol. The van der Waals surface area contributed by atoms with Crippen molar-refractivity contribution in [3.8, 4) is 0 Å². The van der Waals surface area contributed by atoms with Gasteiger partial charge < -0.3 is 9.64 Å². The third-order valence-corrected chi connectivity index (χ3v) is 2.01. The van der Waals surface area contributed by atoms with Gasteiger partial charge in [0.1, 0.15) is 6.10 Å². The van der Waals surface area contributed by atoms with Crippen LogP contribution in [-0.4, -0.2) is 30.7 Å². The molecule has 0 saturated heterocycles. The highest BCUT2D eigenvalue weighted by Crippen LogP contribution is 2.06. The maximum atomic E-state index is 11.2. The van der Waals surface area contributed by atoms with E-state index in [0.29, 0.717) is 12.5 Å². The molecule has 1 amide bonds. The van der Waals surface area contributed by atoms with Gasteiger partial charge in [0.15, 0.2) is 0 Å². The number of carbonyl (C=O) groups excluding carboxylic acids is 1. The van der Waals surface area contributed by atoms with E-state index in [1.54, 1.807) is 11.9 Å². The van der Waals surface area contributed by atoms with Crippen LogP contribution in [0, 0.1) is 5.92 Å². The van der Waals surface area contributed by atoms with Crippen LogP contribution in [0.5, 0.6) is 0 Å². The minimum Gasteiger partial charge on any atom is -0.446 e. The highest BCUT2D eigenvalue weighted by atomic mass is 16.6. The van der Waals surface area contributed by atoms with Gasteiger partial charge in [0.25, 0.3) is 0 Å². The lowest BCUT2D eigenvalue weighted by atomic mass is 10.1. The van der Waals surface area contributed by atoms with Crippen LogP contribution < -0.4 is 0 Å². The van der Waals surface area contributed by atoms with E-state index in [9.17, 15) is 4.79 Å². The Hall–Kier alpha value is -0.730. The summed E-state index contributed by atoms with van der Waals surface area (Å²) >= 11 is 0. The van der Waals surface area contributed by atoms with Crippen molar-refractivity contribution in [3.05, 3.63) is 0 Å². The van der Waals surface area contributed by atoms with E-state index in [2.05, 4.69) is 0 Å². The maximum absolute atomic E-state index is 11.2. The number of hydrogen-bond acceptors (Lipinski definition) is 2. The number of hydrogen-bond donors (Lipinski definition) is 0. The standard InChI is InChI=1S/C9H19NO2/c1-6-10(5)9(11)12-8(4)7(2)3/h7-8H,6H2,1-5H3. The Labute approximate surface area is 74.7 Å². The van der Waals surface area contributed by atoms with Gasteiger partial charge in [0, 0.05) is 13.6 Å². The predicted octanol–water partition coefficient (Wildman–Crippen LogP) is 2.12. The molecule has 0 aliphatic heterocycles. The van der Waals surface area contributed by atoms with E-state index in [1.165, 1.54) is 0 Å². The summed E-state index contributed by atoms with van der Waals surface area (Å²) in [6, 6.07) is 0. The van der Waals surface area contributed by atoms with Crippen LogP contribution in [0.15, 0.2) is 0 Å². The summed E-state index contributed by atoms with van der Waals surface area (Å²) in [6.07, 6.45) is -0.245. The first kappa shape index (κ1) is 11.3. The molecule has 1 unspecified atom stereocenters. The second-order valence-corrected chi connectivity index (χ2v) is 3.35. The Morgan fingerprint density at radius 3 is 2.25 bits per heavy atom. The zero-order valence-electron chi connectivity index (χ0n) is 8.63. The fourth-order valence-corrected chi connectivity index (χ4v) is 0.514. The van der Waals surface area contributed by atoms with Crippen molar-refractivity contribution in [1.82, 2.24) is 4.90 Å². The SMILES string of the molecule is CCN(C)C(=O)OC(C)C(C)C. The normalized spacial score (nSPS) is 12.8. The fourth-order valence-electron chi connectivity index (χ4n) is 0.514. The van der Waals surface area contributed by atoms with Gasteiger partial charge in [0.05, 0.1) is 0 Å². The van der Waals surface area contributed by atoms with E-state index >= 15 is 0 Å². The van der Waals surface area contributed by atoms with Crippen LogP contribution in [0.2, 0.25) is 0 Å². The summed E-state index contributed by atoms with van der Waals surface area (Å²) in [5.74, 6) is 0.374. The Morgan fingerprint density at radius 1 is 1.42 bits per heavy atom. The molecule has 0 aliphatic carbocycles. The molecule has 1 atom stereocenters. The van der Waals surface area contributed by atoms with E-state index < -0.39 is 0 Å². The third-order valence-electron chi connectivity index (χ3n) is 2.01. The van der Waals surface area contributed by atoms with Crippen LogP contribution in [0.25, 0.3) is 0 Å². The third kappa shape index (κ3) is 3.60. The second-order valence-electron chi connectivity index (χ2n) is 3.35. The zero-order valence-corrected chi connectivity index (χ0v) is 8.63. The van der Waals surface area contributed by atoms with E-state index in [-0.39, 0.29) is 12.2 Å². The highest BCUT2D eigenvalue weighted by Gasteiger charge is 2.14. The fraction of sp³-hybridized carbons (Fsp3) is 0.889. The molecular formula is C9H19NO2. The first-order chi connectivity index (χ1) is 5.49. The minimum absolute atomic E-state index is 0.00787. The lowest BCUT2D eigenvalue weighted by Gasteiger charge is -2.21. The number of ether oxygens (including phenoxy) is 1. The average molecular weight is 173 g/mol. The van der Waals surface area contributed by atoms with E-state index in [1.807, 2.05) is 27.7 Å². The van der Waals surface area contributed by atoms with Gasteiger partial charge >= 0.3 is 6.09 Å². The molecule has 0 saturated carbocycles. The molecule has 0 rings (SSSR count). The maximum Gasteiger partial charge on any atom is 0.409 e. The van der Waals surface area contributed by atoms with E-state index in [0.717, 1.165) is 0 Å². The molecule has 0 aromatic heterocycles. The Bertz CT molecular complexity index is 145. The summed E-state index contributed by atoms with van der Waals surface area (Å²) in [7, 11) is 1.73. The molecule has 0 fully saturated rings. The van der Waals surface area contributed by atoms with Crippen LogP contribution in [0.1, 0.15) is 27.7 Å². The zero-order chi connectivity index (χ0) is 9.72. The average Bonchev–Trinajstić information content (AvgIpc) is 2.02.